The molecule has 1 aliphatic heterocycles. The molecule has 1 saturated heterocycles. The molecule has 0 aliphatic carbocycles. The van der Waals surface area contributed by atoms with Crippen molar-refractivity contribution in [3.63, 3.8) is 0 Å². The van der Waals surface area contributed by atoms with Crippen LogP contribution in [-0.2, 0) is 0 Å². The lowest BCUT2D eigenvalue weighted by Crippen LogP contribution is -2.27. The molecule has 0 saturated carbocycles. The fraction of sp³-hybridized carbons (Fsp3) is 0.545. The van der Waals surface area contributed by atoms with Gasteiger partial charge in [0, 0.05) is 18.8 Å². The van der Waals surface area contributed by atoms with Crippen LogP contribution in [0.4, 0.5) is 11.5 Å². The quantitative estimate of drug-likeness (QED) is 0.866. The van der Waals surface area contributed by atoms with Gasteiger partial charge >= 0.3 is 0 Å². The fourth-order valence-corrected chi connectivity index (χ4v) is 3.23. The molecule has 0 spiro atoms. The Balaban J connectivity index is 2.28. The third-order valence-corrected chi connectivity index (χ3v) is 4.80. The van der Waals surface area contributed by atoms with Gasteiger partial charge in [-0.3, -0.25) is 0 Å². The van der Waals surface area contributed by atoms with Gasteiger partial charge in [0.1, 0.15) is 5.82 Å². The van der Waals surface area contributed by atoms with Crippen LogP contribution in [0, 0.1) is 6.92 Å². The molecule has 2 heterocycles. The summed E-state index contributed by atoms with van der Waals surface area (Å²) in [6.07, 6.45) is 2.98. The third-order valence-electron chi connectivity index (χ3n) is 2.81. The van der Waals surface area contributed by atoms with E-state index in [1.807, 2.05) is 18.7 Å². The monoisotopic (exact) mass is 301 g/mol. The Morgan fingerprint density at radius 3 is 3.06 bits per heavy atom. The first-order valence-electron chi connectivity index (χ1n) is 5.43. The number of hydrogen-bond donors (Lipinski definition) is 1. The molecule has 0 aromatic carbocycles. The Morgan fingerprint density at radius 1 is 1.44 bits per heavy atom. The maximum absolute atomic E-state index is 5.83. The van der Waals surface area contributed by atoms with E-state index < -0.39 is 0 Å². The zero-order valence-electron chi connectivity index (χ0n) is 9.37. The fourth-order valence-electron chi connectivity index (χ4n) is 1.76. The minimum absolute atomic E-state index is 0.750. The van der Waals surface area contributed by atoms with Gasteiger partial charge in [-0.2, -0.15) is 11.8 Å². The van der Waals surface area contributed by atoms with E-state index in [0.29, 0.717) is 0 Å². The van der Waals surface area contributed by atoms with Crippen molar-refractivity contribution < 1.29 is 0 Å². The molecule has 0 radical (unpaired) electrons. The van der Waals surface area contributed by atoms with Crippen LogP contribution in [0.2, 0.25) is 0 Å². The molecule has 88 valence electrons. The van der Waals surface area contributed by atoms with Gasteiger partial charge in [-0.1, -0.05) is 0 Å². The number of nitrogen functional groups attached to an aromatic ring is 1. The Bertz CT molecular complexity index is 376. The topological polar surface area (TPSA) is 42.1 Å². The second-order valence-electron chi connectivity index (χ2n) is 3.93. The summed E-state index contributed by atoms with van der Waals surface area (Å²) in [5.74, 6) is 3.47. The maximum atomic E-state index is 5.83. The molecule has 0 amide bonds. The van der Waals surface area contributed by atoms with Crippen LogP contribution < -0.4 is 10.6 Å². The number of rotatable bonds is 1. The summed E-state index contributed by atoms with van der Waals surface area (Å²) in [5, 5.41) is 0. The summed E-state index contributed by atoms with van der Waals surface area (Å²) in [5.41, 5.74) is 7.67. The SMILES string of the molecule is Cc1c(N)cnc(N2CCCSCC2)c1Br. The third kappa shape index (κ3) is 2.46. The van der Waals surface area contributed by atoms with Gasteiger partial charge in [-0.25, -0.2) is 4.98 Å². The summed E-state index contributed by atoms with van der Waals surface area (Å²) in [7, 11) is 0. The molecule has 0 bridgehead atoms. The first-order valence-corrected chi connectivity index (χ1v) is 7.38. The average Bonchev–Trinajstić information content (AvgIpc) is 2.55. The van der Waals surface area contributed by atoms with Gasteiger partial charge in [0.15, 0.2) is 0 Å². The zero-order valence-corrected chi connectivity index (χ0v) is 11.8. The molecular formula is C11H16BrN3S. The van der Waals surface area contributed by atoms with Crippen LogP contribution >= 0.6 is 27.7 Å². The van der Waals surface area contributed by atoms with Gasteiger partial charge in [-0.15, -0.1) is 0 Å². The number of thioether (sulfide) groups is 1. The Morgan fingerprint density at radius 2 is 2.25 bits per heavy atom. The first kappa shape index (κ1) is 12.0. The maximum Gasteiger partial charge on any atom is 0.143 e. The summed E-state index contributed by atoms with van der Waals surface area (Å²) in [4.78, 5) is 6.79. The number of nitrogens with two attached hydrogens (primary N) is 1. The highest BCUT2D eigenvalue weighted by Crippen LogP contribution is 2.31. The van der Waals surface area contributed by atoms with Gasteiger partial charge in [0.25, 0.3) is 0 Å². The summed E-state index contributed by atoms with van der Waals surface area (Å²) >= 11 is 5.62. The van der Waals surface area contributed by atoms with Crippen molar-refractivity contribution in [1.82, 2.24) is 4.98 Å². The molecule has 16 heavy (non-hydrogen) atoms. The number of anilines is 2. The zero-order chi connectivity index (χ0) is 11.5. The molecule has 5 heteroatoms. The van der Waals surface area contributed by atoms with Gasteiger partial charge < -0.3 is 10.6 Å². The molecule has 0 atom stereocenters. The standard InChI is InChI=1S/C11H16BrN3S/c1-8-9(13)7-14-11(10(8)12)15-3-2-5-16-6-4-15/h7H,2-6,13H2,1H3. The van der Waals surface area contributed by atoms with Crippen molar-refractivity contribution in [2.75, 3.05) is 35.2 Å². The lowest BCUT2D eigenvalue weighted by atomic mass is 10.2. The van der Waals surface area contributed by atoms with Crippen LogP contribution in [0.25, 0.3) is 0 Å². The average molecular weight is 302 g/mol. The molecule has 1 aromatic rings. The largest absolute Gasteiger partial charge is 0.397 e. The van der Waals surface area contributed by atoms with E-state index in [4.69, 9.17) is 5.73 Å². The summed E-state index contributed by atoms with van der Waals surface area (Å²) in [6, 6.07) is 0. The van der Waals surface area contributed by atoms with Crippen molar-refractivity contribution >= 4 is 39.2 Å². The minimum Gasteiger partial charge on any atom is -0.397 e. The molecule has 1 aromatic heterocycles. The number of halogens is 1. The molecule has 3 nitrogen and oxygen atoms in total. The van der Waals surface area contributed by atoms with E-state index in [1.165, 1.54) is 17.9 Å². The lowest BCUT2D eigenvalue weighted by Gasteiger charge is -2.23. The van der Waals surface area contributed by atoms with Crippen molar-refractivity contribution in [2.45, 2.75) is 13.3 Å². The van der Waals surface area contributed by atoms with Crippen molar-refractivity contribution in [2.24, 2.45) is 0 Å². The first-order chi connectivity index (χ1) is 7.70. The smallest absolute Gasteiger partial charge is 0.143 e. The van der Waals surface area contributed by atoms with Crippen LogP contribution in [0.1, 0.15) is 12.0 Å². The van der Waals surface area contributed by atoms with E-state index in [1.54, 1.807) is 6.20 Å². The van der Waals surface area contributed by atoms with Crippen LogP contribution in [0.5, 0.6) is 0 Å². The van der Waals surface area contributed by atoms with E-state index in [-0.39, 0.29) is 0 Å². The summed E-state index contributed by atoms with van der Waals surface area (Å²) < 4.78 is 1.04. The Kier molecular flexibility index (Phi) is 3.97. The lowest BCUT2D eigenvalue weighted by molar-refractivity contribution is 0.798. The second kappa shape index (κ2) is 5.27. The van der Waals surface area contributed by atoms with Gasteiger partial charge in [0.2, 0.25) is 0 Å². The van der Waals surface area contributed by atoms with E-state index in [0.717, 1.165) is 34.6 Å². The number of aromatic nitrogens is 1. The molecule has 1 fully saturated rings. The molecule has 2 rings (SSSR count). The second-order valence-corrected chi connectivity index (χ2v) is 5.95. The normalized spacial score (nSPS) is 17.2. The highest BCUT2D eigenvalue weighted by atomic mass is 79.9. The molecule has 0 unspecified atom stereocenters. The summed E-state index contributed by atoms with van der Waals surface area (Å²) in [6.45, 7) is 4.18. The van der Waals surface area contributed by atoms with Crippen molar-refractivity contribution in [3.05, 3.63) is 16.2 Å². The Hall–Kier alpha value is -0.420. The minimum atomic E-state index is 0.750. The van der Waals surface area contributed by atoms with Crippen molar-refractivity contribution in [1.29, 1.82) is 0 Å². The Labute approximate surface area is 109 Å². The highest BCUT2D eigenvalue weighted by Gasteiger charge is 2.16. The van der Waals surface area contributed by atoms with E-state index >= 15 is 0 Å². The van der Waals surface area contributed by atoms with Crippen LogP contribution in [0.15, 0.2) is 10.7 Å². The van der Waals surface area contributed by atoms with Crippen LogP contribution in [0.3, 0.4) is 0 Å². The highest BCUT2D eigenvalue weighted by molar-refractivity contribution is 9.10. The number of pyridine rings is 1. The van der Waals surface area contributed by atoms with Crippen LogP contribution in [-0.4, -0.2) is 29.6 Å². The molecule has 1 aliphatic rings. The van der Waals surface area contributed by atoms with Gasteiger partial charge in [0.05, 0.1) is 16.4 Å². The molecular weight excluding hydrogens is 286 g/mol. The van der Waals surface area contributed by atoms with Crippen molar-refractivity contribution in [3.8, 4) is 0 Å². The van der Waals surface area contributed by atoms with E-state index in [9.17, 15) is 0 Å². The van der Waals surface area contributed by atoms with Gasteiger partial charge in [-0.05, 0) is 40.6 Å². The number of hydrogen-bond acceptors (Lipinski definition) is 4. The molecule has 2 N–H and O–H groups in total. The predicted octanol–water partition coefficient (Wildman–Crippen LogP) is 2.68. The number of nitrogens with zero attached hydrogens (tertiary/aromatic N) is 2. The predicted molar refractivity (Wildman–Crippen MR) is 75.2 cm³/mol. The van der Waals surface area contributed by atoms with E-state index in [2.05, 4.69) is 25.8 Å².